The van der Waals surface area contributed by atoms with E-state index in [1.807, 2.05) is 0 Å². The Hall–Kier alpha value is 7.12. The minimum atomic E-state index is -5.39. The van der Waals surface area contributed by atoms with Crippen LogP contribution in [0.2, 0.25) is 0 Å². The summed E-state index contributed by atoms with van der Waals surface area (Å²) in [6.45, 7) is 0. The smallest absolute Gasteiger partial charge is 1.00 e. The van der Waals surface area contributed by atoms with E-state index in [-0.39, 0.29) is 170 Å². The molecule has 6 saturated carbocycles. The predicted molar refractivity (Wildman–Crippen MR) is 194 cm³/mol. The molecule has 0 spiro atoms. The van der Waals surface area contributed by atoms with Crippen LogP contribution in [0.1, 0.15) is 193 Å². The van der Waals surface area contributed by atoms with Crippen LogP contribution in [-0.2, 0) is 20.5 Å². The fourth-order valence-corrected chi connectivity index (χ4v) is 19.4. The van der Waals surface area contributed by atoms with Crippen molar-refractivity contribution in [2.24, 2.45) is 0 Å². The van der Waals surface area contributed by atoms with E-state index in [0.29, 0.717) is 15.8 Å². The fourth-order valence-electron chi connectivity index (χ4n) is 10.1. The van der Waals surface area contributed by atoms with Crippen LogP contribution in [0.15, 0.2) is 0 Å². The predicted octanol–water partition coefficient (Wildman–Crippen LogP) is 2.50. The second-order valence-corrected chi connectivity index (χ2v) is 24.6. The van der Waals surface area contributed by atoms with Gasteiger partial charge in [-0.3, -0.25) is 0 Å². The van der Waals surface area contributed by atoms with Crippen molar-refractivity contribution in [1.29, 1.82) is 0 Å². The Labute approximate surface area is 449 Å². The Kier molecular flexibility index (Phi) is 39.8. The second-order valence-electron chi connectivity index (χ2n) is 15.1. The fraction of sp³-hybridized carbons (Fsp3) is 1.00. The molecular formula is C36H66Cl2K3O4P3Pd. The topological polar surface area (TPSA) is 86.2 Å². The maximum Gasteiger partial charge on any atom is 1.00 e. The van der Waals surface area contributed by atoms with Crippen molar-refractivity contribution in [2.45, 2.75) is 227 Å². The summed E-state index contributed by atoms with van der Waals surface area (Å²) in [5.41, 5.74) is 7.14. The van der Waals surface area contributed by atoms with E-state index >= 15 is 0 Å². The van der Waals surface area contributed by atoms with Gasteiger partial charge in [0.1, 0.15) is 0 Å². The maximum atomic E-state index is 8.55. The van der Waals surface area contributed by atoms with Crippen LogP contribution in [0.4, 0.5) is 0 Å². The Bertz CT molecular complexity index is 657. The summed E-state index contributed by atoms with van der Waals surface area (Å²) in [6, 6.07) is 0. The van der Waals surface area contributed by atoms with Gasteiger partial charge in [0.2, 0.25) is 0 Å². The van der Waals surface area contributed by atoms with Crippen molar-refractivity contribution >= 4 is 42.7 Å². The van der Waals surface area contributed by atoms with Gasteiger partial charge in [-0.1, -0.05) is 131 Å². The van der Waals surface area contributed by atoms with E-state index in [4.69, 9.17) is 38.3 Å². The summed E-state index contributed by atoms with van der Waals surface area (Å²) in [6.07, 6.45) is 47.2. The van der Waals surface area contributed by atoms with E-state index < -0.39 is 7.82 Å². The summed E-state index contributed by atoms with van der Waals surface area (Å²) in [5.74, 6) is 0. The third-order valence-electron chi connectivity index (χ3n) is 12.0. The van der Waals surface area contributed by atoms with E-state index in [9.17, 15) is 0 Å². The third kappa shape index (κ3) is 24.8. The molecule has 0 aliphatic heterocycles. The second kappa shape index (κ2) is 34.8. The van der Waals surface area contributed by atoms with E-state index in [0.717, 1.165) is 0 Å². The molecule has 6 aliphatic rings. The van der Waals surface area contributed by atoms with Crippen LogP contribution in [0, 0.1) is 0 Å². The molecule has 13 heteroatoms. The first-order valence-corrected chi connectivity index (χ1v) is 28.0. The van der Waals surface area contributed by atoms with Crippen LogP contribution in [0.25, 0.3) is 0 Å². The molecule has 0 aromatic rings. The molecule has 0 unspecified atom stereocenters. The Morgan fingerprint density at radius 1 is 0.367 bits per heavy atom. The monoisotopic (exact) mass is 948 g/mol. The average Bonchev–Trinajstić information content (AvgIpc) is 3.08. The summed E-state index contributed by atoms with van der Waals surface area (Å²) in [4.78, 5) is 25.6. The van der Waals surface area contributed by atoms with Gasteiger partial charge in [-0.25, -0.2) is 0 Å². The van der Waals surface area contributed by atoms with E-state index in [1.165, 1.54) is 72.5 Å². The molecule has 49 heavy (non-hydrogen) atoms. The molecule has 4 nitrogen and oxygen atoms in total. The Balaban J connectivity index is 0.000000737. The molecule has 276 valence electrons. The SMILES string of the molecule is C1CCC(P(C2CCCCC2)C2CCCCC2)CC1.C1CCC(P(C2CCCCC2)C2CCCCC2)CC1.O=P([O-])([O-])[O-].[Cl][Pd][Cl].[K+].[K+].[K+]. The largest absolute Gasteiger partial charge is 1.00 e. The molecular weight excluding hydrogens is 884 g/mol. The van der Waals surface area contributed by atoms with Gasteiger partial charge in [-0.15, -0.1) is 0 Å². The zero-order valence-electron chi connectivity index (χ0n) is 31.7. The van der Waals surface area contributed by atoms with Crippen molar-refractivity contribution in [1.82, 2.24) is 0 Å². The zero-order valence-corrected chi connectivity index (χ0v) is 46.8. The molecule has 0 amide bonds. The molecule has 0 aromatic heterocycles. The standard InChI is InChI=1S/2C18H33P.2ClH.3K.H3O4P.Pd/c2*1-4-10-16(11-5-1)19(17-12-6-2-7-13-17)18-14-8-3-9-15-18;;;;;;1-5(2,3)4;/h2*16-18H,1-15H2;2*1H;;;;(H3,1,2,3,4);/q;;;;3*+1;;+2/p-5. The quantitative estimate of drug-likeness (QED) is 0.303. The number of hydrogen-bond acceptors (Lipinski definition) is 4. The first-order chi connectivity index (χ1) is 22.3. The number of rotatable bonds is 6. The summed E-state index contributed by atoms with van der Waals surface area (Å²) in [5, 5.41) is 0. The van der Waals surface area contributed by atoms with Gasteiger partial charge < -0.3 is 19.2 Å². The van der Waals surface area contributed by atoms with Gasteiger partial charge >= 0.3 is 189 Å². The number of halogens is 2. The summed E-state index contributed by atoms with van der Waals surface area (Å²) < 4.78 is 8.55. The molecule has 6 rings (SSSR count). The molecule has 6 aliphatic carbocycles. The molecule has 0 N–H and O–H groups in total. The number of hydrogen-bond donors (Lipinski definition) is 0. The number of phosphoric acid groups is 1. The Morgan fingerprint density at radius 3 is 0.571 bits per heavy atom. The molecule has 6 fully saturated rings. The normalized spacial score (nSPS) is 24.1. The van der Waals surface area contributed by atoms with Gasteiger partial charge in [0.05, 0.1) is 0 Å². The molecule has 0 saturated heterocycles. The molecule has 0 bridgehead atoms. The summed E-state index contributed by atoms with van der Waals surface area (Å²) >= 11 is -0.106. The third-order valence-corrected chi connectivity index (χ3v) is 20.1. The van der Waals surface area contributed by atoms with Gasteiger partial charge in [-0.2, -0.15) is 7.82 Å². The minimum absolute atomic E-state index is 0. The maximum absolute atomic E-state index is 8.55. The molecule has 0 heterocycles. The van der Waals surface area contributed by atoms with Crippen LogP contribution in [-0.4, -0.2) is 34.0 Å². The first-order valence-electron chi connectivity index (χ1n) is 19.4. The van der Waals surface area contributed by atoms with Crippen molar-refractivity contribution in [3.05, 3.63) is 0 Å². The van der Waals surface area contributed by atoms with Gasteiger partial charge in [0.25, 0.3) is 0 Å². The van der Waals surface area contributed by atoms with Crippen molar-refractivity contribution in [3.63, 3.8) is 0 Å². The van der Waals surface area contributed by atoms with Gasteiger partial charge in [0, 0.05) is 0 Å². The van der Waals surface area contributed by atoms with Gasteiger partial charge in [0.15, 0.2) is 0 Å². The van der Waals surface area contributed by atoms with Crippen LogP contribution < -0.4 is 169 Å². The molecule has 0 aromatic carbocycles. The molecule has 0 radical (unpaired) electrons. The Morgan fingerprint density at radius 2 is 0.469 bits per heavy atom. The zero-order chi connectivity index (χ0) is 33.0. The van der Waals surface area contributed by atoms with Crippen molar-refractivity contribution in [3.8, 4) is 0 Å². The van der Waals surface area contributed by atoms with Gasteiger partial charge in [-0.05, 0) is 111 Å². The van der Waals surface area contributed by atoms with Crippen molar-refractivity contribution in [2.75, 3.05) is 0 Å². The first kappa shape index (κ1) is 56.1. The van der Waals surface area contributed by atoms with Crippen LogP contribution >= 0.6 is 42.7 Å². The summed E-state index contributed by atoms with van der Waals surface area (Å²) in [7, 11) is 5.01. The minimum Gasteiger partial charge on any atom is 1.00 e. The van der Waals surface area contributed by atoms with E-state index in [1.54, 1.807) is 154 Å². The molecule has 0 atom stereocenters. The van der Waals surface area contributed by atoms with Crippen LogP contribution in [0.5, 0.6) is 0 Å². The van der Waals surface area contributed by atoms with Crippen molar-refractivity contribution < 1.29 is 189 Å². The van der Waals surface area contributed by atoms with E-state index in [2.05, 4.69) is 0 Å². The average molecular weight is 950 g/mol. The van der Waals surface area contributed by atoms with Crippen LogP contribution in [0.3, 0.4) is 0 Å².